The predicted molar refractivity (Wildman–Crippen MR) is 173 cm³/mol. The van der Waals surface area contributed by atoms with E-state index in [1.807, 2.05) is 12.3 Å². The summed E-state index contributed by atoms with van der Waals surface area (Å²) < 4.78 is 15.8. The molecule has 0 bridgehead atoms. The van der Waals surface area contributed by atoms with Crippen LogP contribution in [0.5, 0.6) is 0 Å². The minimum atomic E-state index is -1.05. The third-order valence-electron chi connectivity index (χ3n) is 6.58. The summed E-state index contributed by atoms with van der Waals surface area (Å²) in [6, 6.07) is 6.64. The summed E-state index contributed by atoms with van der Waals surface area (Å²) in [7, 11) is 1.31. The van der Waals surface area contributed by atoms with E-state index in [2.05, 4.69) is 5.32 Å². The van der Waals surface area contributed by atoms with Gasteiger partial charge in [-0.3, -0.25) is 9.59 Å². The van der Waals surface area contributed by atoms with Crippen LogP contribution in [0.2, 0.25) is 0 Å². The van der Waals surface area contributed by atoms with E-state index < -0.39 is 40.6 Å². The third kappa shape index (κ3) is 12.2. The monoisotopic (exact) mass is 653 g/mol. The Morgan fingerprint density at radius 2 is 1.57 bits per heavy atom. The summed E-state index contributed by atoms with van der Waals surface area (Å²) in [6.45, 7) is 10.9. The molecule has 0 aromatic heterocycles. The lowest BCUT2D eigenvalue weighted by molar-refractivity contribution is -0.147. The maximum atomic E-state index is 13.8. The van der Waals surface area contributed by atoms with Crippen LogP contribution >= 0.6 is 23.5 Å². The number of amides is 3. The molecule has 1 aliphatic rings. The number of likely N-dealkylation sites (tertiary alicyclic amines) is 1. The zero-order valence-corrected chi connectivity index (χ0v) is 28.7. The SMILES string of the molecule is COC(=O)[C@H](CCSC)N(C(=O)c1ccccc1)C1CCN(C(=O)[C@H](CSC(=O)OC(C)(C)C)NC(=O)OC(C)(C)C)CC1. The van der Waals surface area contributed by atoms with E-state index >= 15 is 0 Å². The van der Waals surface area contributed by atoms with Crippen LogP contribution in [0.4, 0.5) is 9.59 Å². The molecule has 1 aromatic carbocycles. The van der Waals surface area contributed by atoms with Crippen LogP contribution < -0.4 is 5.32 Å². The van der Waals surface area contributed by atoms with Gasteiger partial charge < -0.3 is 29.3 Å². The van der Waals surface area contributed by atoms with Gasteiger partial charge in [0.15, 0.2) is 0 Å². The summed E-state index contributed by atoms with van der Waals surface area (Å²) in [5.41, 5.74) is -1.02. The van der Waals surface area contributed by atoms with Crippen LogP contribution in [-0.4, -0.2) is 106 Å². The molecule has 0 aliphatic carbocycles. The van der Waals surface area contributed by atoms with Crippen LogP contribution in [0, 0.1) is 0 Å². The van der Waals surface area contributed by atoms with Crippen LogP contribution in [0.3, 0.4) is 0 Å². The van der Waals surface area contributed by atoms with Crippen LogP contribution in [0.1, 0.15) is 71.2 Å². The molecule has 0 saturated carbocycles. The molecule has 11 nitrogen and oxygen atoms in total. The lowest BCUT2D eigenvalue weighted by Gasteiger charge is -2.42. The number of hydrogen-bond acceptors (Lipinski definition) is 10. The largest absolute Gasteiger partial charge is 0.467 e. The first-order valence-corrected chi connectivity index (χ1v) is 17.0. The summed E-state index contributed by atoms with van der Waals surface area (Å²) in [6.07, 6.45) is 2.41. The Hall–Kier alpha value is -2.93. The molecule has 1 saturated heterocycles. The Morgan fingerprint density at radius 3 is 2.09 bits per heavy atom. The number of nitrogens with one attached hydrogen (secondary N) is 1. The predicted octanol–water partition coefficient (Wildman–Crippen LogP) is 4.98. The van der Waals surface area contributed by atoms with E-state index in [-0.39, 0.29) is 36.7 Å². The van der Waals surface area contributed by atoms with Crippen LogP contribution in [0.25, 0.3) is 0 Å². The van der Waals surface area contributed by atoms with Crippen molar-refractivity contribution >= 4 is 52.7 Å². The minimum absolute atomic E-state index is 0.0510. The lowest BCUT2D eigenvalue weighted by atomic mass is 9.98. The van der Waals surface area contributed by atoms with Crippen molar-refractivity contribution in [2.45, 2.75) is 90.1 Å². The van der Waals surface area contributed by atoms with Gasteiger partial charge in [-0.15, -0.1) is 0 Å². The van der Waals surface area contributed by atoms with E-state index in [0.717, 1.165) is 11.8 Å². The summed E-state index contributed by atoms with van der Waals surface area (Å²) in [5.74, 6) is -0.529. The number of methoxy groups -OCH3 is 1. The number of esters is 1. The molecule has 246 valence electrons. The zero-order valence-electron chi connectivity index (χ0n) is 27.0. The molecule has 1 aliphatic heterocycles. The second kappa shape index (κ2) is 17.0. The first kappa shape index (κ1) is 37.3. The first-order chi connectivity index (χ1) is 20.6. The number of ether oxygens (including phenoxy) is 3. The van der Waals surface area contributed by atoms with Gasteiger partial charge in [0.2, 0.25) is 5.91 Å². The highest BCUT2D eigenvalue weighted by Gasteiger charge is 2.39. The first-order valence-electron chi connectivity index (χ1n) is 14.6. The summed E-state index contributed by atoms with van der Waals surface area (Å²) in [5, 5.41) is 2.06. The number of benzene rings is 1. The molecule has 1 aromatic rings. The lowest BCUT2D eigenvalue weighted by Crippen LogP contribution is -2.57. The Kier molecular flexibility index (Phi) is 14.4. The highest BCUT2D eigenvalue weighted by molar-refractivity contribution is 8.13. The number of rotatable bonds is 11. The van der Waals surface area contributed by atoms with E-state index in [1.165, 1.54) is 7.11 Å². The molecular weight excluding hydrogens is 606 g/mol. The van der Waals surface area contributed by atoms with E-state index in [1.54, 1.807) is 87.4 Å². The fourth-order valence-corrected chi connectivity index (χ4v) is 5.96. The molecule has 3 amide bonds. The second-order valence-electron chi connectivity index (χ2n) is 12.4. The second-order valence-corrected chi connectivity index (χ2v) is 14.4. The van der Waals surface area contributed by atoms with E-state index in [9.17, 15) is 24.0 Å². The normalized spacial score (nSPS) is 15.5. The van der Waals surface area contributed by atoms with Crippen LogP contribution in [-0.2, 0) is 23.8 Å². The van der Waals surface area contributed by atoms with Crippen molar-refractivity contribution in [3.63, 3.8) is 0 Å². The van der Waals surface area contributed by atoms with Crippen molar-refractivity contribution in [1.82, 2.24) is 15.1 Å². The van der Waals surface area contributed by atoms with Gasteiger partial charge in [0.25, 0.3) is 5.91 Å². The van der Waals surface area contributed by atoms with Gasteiger partial charge in [0, 0.05) is 30.4 Å². The Balaban J connectivity index is 2.25. The van der Waals surface area contributed by atoms with Crippen LogP contribution in [0.15, 0.2) is 30.3 Å². The molecule has 13 heteroatoms. The highest BCUT2D eigenvalue weighted by atomic mass is 32.2. The number of alkyl carbamates (subject to hydrolysis) is 1. The number of nitrogens with zero attached hydrogens (tertiary/aromatic N) is 2. The van der Waals surface area contributed by atoms with Crippen molar-refractivity contribution < 1.29 is 38.2 Å². The highest BCUT2D eigenvalue weighted by Crippen LogP contribution is 2.26. The molecule has 0 radical (unpaired) electrons. The number of piperidine rings is 1. The number of carbonyl (C=O) groups excluding carboxylic acids is 5. The number of carbonyl (C=O) groups is 5. The molecular formula is C31H47N3O8S2. The van der Waals surface area contributed by atoms with Gasteiger partial charge in [-0.2, -0.15) is 11.8 Å². The third-order valence-corrected chi connectivity index (χ3v) is 8.04. The molecule has 1 fully saturated rings. The summed E-state index contributed by atoms with van der Waals surface area (Å²) in [4.78, 5) is 68.7. The minimum Gasteiger partial charge on any atom is -0.467 e. The quantitative estimate of drug-likeness (QED) is 0.258. The van der Waals surface area contributed by atoms with E-state index in [0.29, 0.717) is 30.6 Å². The molecule has 0 unspecified atom stereocenters. The van der Waals surface area contributed by atoms with Gasteiger partial charge >= 0.3 is 17.4 Å². The van der Waals surface area contributed by atoms with Crippen molar-refractivity contribution in [3.8, 4) is 0 Å². The standard InChI is InChI=1S/C31H47N3O8S2/c1-30(2,3)41-28(38)32-23(20-44-29(39)42-31(4,5)6)26(36)33-17-14-22(15-18-33)34(24(16-19-43-8)27(37)40-7)25(35)21-12-10-9-11-13-21/h9-13,22-24H,14-20H2,1-8H3,(H,32,38)/t23-,24-/m0/s1. The van der Waals surface area contributed by atoms with Gasteiger partial charge in [-0.05, 0) is 96.7 Å². The molecule has 2 atom stereocenters. The van der Waals surface area contributed by atoms with Gasteiger partial charge in [-0.25, -0.2) is 14.4 Å². The Labute approximate surface area is 269 Å². The fraction of sp³-hybridized carbons (Fsp3) is 0.645. The zero-order chi connectivity index (χ0) is 33.1. The number of hydrogen-bond donors (Lipinski definition) is 1. The van der Waals surface area contributed by atoms with Gasteiger partial charge in [-0.1, -0.05) is 18.2 Å². The molecule has 0 spiro atoms. The van der Waals surface area contributed by atoms with Crippen molar-refractivity contribution in [2.24, 2.45) is 0 Å². The maximum absolute atomic E-state index is 13.8. The Bertz CT molecular complexity index is 1130. The maximum Gasteiger partial charge on any atom is 0.408 e. The molecule has 1 heterocycles. The van der Waals surface area contributed by atoms with E-state index in [4.69, 9.17) is 14.2 Å². The van der Waals surface area contributed by atoms with Gasteiger partial charge in [0.05, 0.1) is 7.11 Å². The Morgan fingerprint density at radius 1 is 0.977 bits per heavy atom. The van der Waals surface area contributed by atoms with Crippen molar-refractivity contribution in [3.05, 3.63) is 35.9 Å². The smallest absolute Gasteiger partial charge is 0.408 e. The molecule has 44 heavy (non-hydrogen) atoms. The van der Waals surface area contributed by atoms with Gasteiger partial charge in [0.1, 0.15) is 23.3 Å². The van der Waals surface area contributed by atoms with Crippen molar-refractivity contribution in [2.75, 3.05) is 38.0 Å². The van der Waals surface area contributed by atoms with Crippen molar-refractivity contribution in [1.29, 1.82) is 0 Å². The fourth-order valence-electron chi connectivity index (χ4n) is 4.67. The molecule has 2 rings (SSSR count). The topological polar surface area (TPSA) is 132 Å². The average molecular weight is 654 g/mol. The number of thioether (sulfide) groups is 2. The molecule has 1 N–H and O–H groups in total. The average Bonchev–Trinajstić information content (AvgIpc) is 2.95. The summed E-state index contributed by atoms with van der Waals surface area (Å²) >= 11 is 2.38.